The fraction of sp³-hybridized carbons (Fsp3) is 0.133. The van der Waals surface area contributed by atoms with Crippen molar-refractivity contribution in [1.82, 2.24) is 9.97 Å². The average Bonchev–Trinajstić information content (AvgIpc) is 2.97. The summed E-state index contributed by atoms with van der Waals surface area (Å²) < 4.78 is 1.14. The molecule has 23 heavy (non-hydrogen) atoms. The minimum atomic E-state index is -0.615. The van der Waals surface area contributed by atoms with Crippen LogP contribution in [-0.2, 0) is 6.42 Å². The maximum absolute atomic E-state index is 10.8. The zero-order chi connectivity index (χ0) is 16.2. The molecule has 1 N–H and O–H groups in total. The summed E-state index contributed by atoms with van der Waals surface area (Å²) in [5.74, 6) is 0.438. The van der Waals surface area contributed by atoms with Gasteiger partial charge >= 0.3 is 5.69 Å². The Hall–Kier alpha value is -3.05. The van der Waals surface area contributed by atoms with Crippen LogP contribution in [-0.4, -0.2) is 21.4 Å². The van der Waals surface area contributed by atoms with Crippen LogP contribution in [0.25, 0.3) is 10.2 Å². The maximum atomic E-state index is 10.8. The van der Waals surface area contributed by atoms with E-state index in [1.807, 2.05) is 24.3 Å². The van der Waals surface area contributed by atoms with Gasteiger partial charge in [-0.05, 0) is 18.2 Å². The third-order valence-corrected chi connectivity index (χ3v) is 4.26. The zero-order valence-corrected chi connectivity index (χ0v) is 12.7. The average molecular weight is 325 g/mol. The second-order valence-electron chi connectivity index (χ2n) is 4.69. The predicted octanol–water partition coefficient (Wildman–Crippen LogP) is 3.13. The molecule has 0 aliphatic rings. The lowest BCUT2D eigenvalue weighted by atomic mass is 10.3. The van der Waals surface area contributed by atoms with E-state index in [0.29, 0.717) is 18.8 Å². The van der Waals surface area contributed by atoms with Gasteiger partial charge in [-0.2, -0.15) is 5.26 Å². The number of nitriles is 1. The topological polar surface area (TPSA) is 105 Å². The highest BCUT2D eigenvalue weighted by Crippen LogP contribution is 2.22. The smallest absolute Gasteiger partial charge is 0.305 e. The molecule has 8 heteroatoms. The van der Waals surface area contributed by atoms with Crippen molar-refractivity contribution in [3.63, 3.8) is 0 Å². The fourth-order valence-electron chi connectivity index (χ4n) is 2.10. The lowest BCUT2D eigenvalue weighted by Gasteiger charge is -2.04. The molecule has 2 heterocycles. The van der Waals surface area contributed by atoms with Gasteiger partial charge in [-0.3, -0.25) is 10.1 Å². The molecule has 7 nitrogen and oxygen atoms in total. The van der Waals surface area contributed by atoms with Gasteiger partial charge in [-0.25, -0.2) is 9.97 Å². The molecule has 2 aromatic heterocycles. The van der Waals surface area contributed by atoms with Crippen molar-refractivity contribution in [2.45, 2.75) is 6.42 Å². The van der Waals surface area contributed by atoms with Gasteiger partial charge in [0.2, 0.25) is 5.69 Å². The third-order valence-electron chi connectivity index (χ3n) is 3.16. The van der Waals surface area contributed by atoms with Gasteiger partial charge in [0, 0.05) is 19.0 Å². The molecule has 0 atom stereocenters. The molecular formula is C15H11N5O2S. The lowest BCUT2D eigenvalue weighted by molar-refractivity contribution is -0.385. The maximum Gasteiger partial charge on any atom is 0.305 e. The number of hydrogen-bond donors (Lipinski definition) is 1. The molecule has 0 spiro atoms. The Morgan fingerprint density at radius 3 is 2.83 bits per heavy atom. The predicted molar refractivity (Wildman–Crippen MR) is 87.4 cm³/mol. The summed E-state index contributed by atoms with van der Waals surface area (Å²) in [6, 6.07) is 12.5. The number of anilines is 1. The highest BCUT2D eigenvalue weighted by molar-refractivity contribution is 7.18. The molecule has 114 valence electrons. The van der Waals surface area contributed by atoms with Crippen molar-refractivity contribution in [3.8, 4) is 6.07 Å². The van der Waals surface area contributed by atoms with Gasteiger partial charge in [0.1, 0.15) is 11.9 Å². The SMILES string of the molecule is N#Cc1nc(NCCc2nc3ccccc3s2)ccc1[N+](=O)[O-]. The number of para-hydroxylation sites is 1. The van der Waals surface area contributed by atoms with E-state index in [1.165, 1.54) is 12.1 Å². The highest BCUT2D eigenvalue weighted by atomic mass is 32.1. The first-order chi connectivity index (χ1) is 11.2. The summed E-state index contributed by atoms with van der Waals surface area (Å²) in [5, 5.41) is 23.7. The van der Waals surface area contributed by atoms with Gasteiger partial charge in [-0.15, -0.1) is 11.3 Å². The Bertz CT molecular complexity index is 883. The van der Waals surface area contributed by atoms with Crippen LogP contribution in [0.5, 0.6) is 0 Å². The molecule has 3 rings (SSSR count). The monoisotopic (exact) mass is 325 g/mol. The molecule has 0 unspecified atom stereocenters. The number of aromatic nitrogens is 2. The first-order valence-electron chi connectivity index (χ1n) is 6.81. The van der Waals surface area contributed by atoms with Crippen molar-refractivity contribution in [3.05, 3.63) is 57.2 Å². The summed E-state index contributed by atoms with van der Waals surface area (Å²) in [5.41, 5.74) is 0.497. The van der Waals surface area contributed by atoms with Crippen molar-refractivity contribution < 1.29 is 4.92 Å². The number of pyridine rings is 1. The van der Waals surface area contributed by atoms with Gasteiger partial charge < -0.3 is 5.32 Å². The second kappa shape index (κ2) is 6.37. The summed E-state index contributed by atoms with van der Waals surface area (Å²) in [6.45, 7) is 0.579. The van der Waals surface area contributed by atoms with Crippen LogP contribution in [0.4, 0.5) is 11.5 Å². The largest absolute Gasteiger partial charge is 0.370 e. The summed E-state index contributed by atoms with van der Waals surface area (Å²) in [6.07, 6.45) is 0.708. The van der Waals surface area contributed by atoms with Crippen LogP contribution in [0.2, 0.25) is 0 Å². The molecule has 0 radical (unpaired) electrons. The van der Waals surface area contributed by atoms with Gasteiger partial charge in [0.15, 0.2) is 0 Å². The van der Waals surface area contributed by atoms with Crippen molar-refractivity contribution in [2.75, 3.05) is 11.9 Å². The van der Waals surface area contributed by atoms with Crippen LogP contribution in [0.3, 0.4) is 0 Å². The van der Waals surface area contributed by atoms with Crippen molar-refractivity contribution >= 4 is 33.1 Å². The van der Waals surface area contributed by atoms with Gasteiger partial charge in [0.05, 0.1) is 20.1 Å². The number of nitrogens with zero attached hydrogens (tertiary/aromatic N) is 4. The number of hydrogen-bond acceptors (Lipinski definition) is 7. The molecule has 0 aliphatic heterocycles. The molecular weight excluding hydrogens is 314 g/mol. The molecule has 0 amide bonds. The fourth-order valence-corrected chi connectivity index (χ4v) is 3.07. The van der Waals surface area contributed by atoms with Crippen LogP contribution >= 0.6 is 11.3 Å². The number of nitrogens with one attached hydrogen (secondary N) is 1. The highest BCUT2D eigenvalue weighted by Gasteiger charge is 2.15. The molecule has 0 aliphatic carbocycles. The van der Waals surface area contributed by atoms with E-state index in [9.17, 15) is 10.1 Å². The number of nitro groups is 1. The van der Waals surface area contributed by atoms with Gasteiger partial charge in [0.25, 0.3) is 0 Å². The van der Waals surface area contributed by atoms with E-state index >= 15 is 0 Å². The number of rotatable bonds is 5. The van der Waals surface area contributed by atoms with Crippen LogP contribution in [0.15, 0.2) is 36.4 Å². The Morgan fingerprint density at radius 2 is 2.09 bits per heavy atom. The quantitative estimate of drug-likeness (QED) is 0.571. The van der Waals surface area contributed by atoms with E-state index in [4.69, 9.17) is 5.26 Å². The molecule has 0 saturated heterocycles. The third kappa shape index (κ3) is 3.25. The molecule has 0 bridgehead atoms. The standard InChI is InChI=1S/C15H11N5O2S/c16-9-11-12(20(21)22)5-6-14(18-11)17-8-7-15-19-10-3-1-2-4-13(10)23-15/h1-6H,7-8H2,(H,17,18). The molecule has 0 fully saturated rings. The Kier molecular flexibility index (Phi) is 4.12. The number of benzene rings is 1. The summed E-state index contributed by atoms with van der Waals surface area (Å²) in [7, 11) is 0. The summed E-state index contributed by atoms with van der Waals surface area (Å²) >= 11 is 1.63. The normalized spacial score (nSPS) is 10.4. The first-order valence-corrected chi connectivity index (χ1v) is 7.63. The molecule has 3 aromatic rings. The Morgan fingerprint density at radius 1 is 1.26 bits per heavy atom. The van der Waals surface area contributed by atoms with E-state index in [1.54, 1.807) is 17.4 Å². The van der Waals surface area contributed by atoms with Crippen LogP contribution < -0.4 is 5.32 Å². The molecule has 1 aromatic carbocycles. The van der Waals surface area contributed by atoms with Crippen LogP contribution in [0, 0.1) is 21.4 Å². The number of fused-ring (bicyclic) bond motifs is 1. The minimum absolute atomic E-state index is 0.194. The van der Waals surface area contributed by atoms with Crippen LogP contribution in [0.1, 0.15) is 10.7 Å². The van der Waals surface area contributed by atoms with Crippen molar-refractivity contribution in [2.24, 2.45) is 0 Å². The van der Waals surface area contributed by atoms with E-state index in [-0.39, 0.29) is 11.4 Å². The Labute approximate surface area is 135 Å². The lowest BCUT2D eigenvalue weighted by Crippen LogP contribution is -2.07. The van der Waals surface area contributed by atoms with Crippen molar-refractivity contribution in [1.29, 1.82) is 5.26 Å². The minimum Gasteiger partial charge on any atom is -0.370 e. The first kappa shape index (κ1) is 14.9. The zero-order valence-electron chi connectivity index (χ0n) is 11.9. The molecule has 0 saturated carbocycles. The van der Waals surface area contributed by atoms with E-state index < -0.39 is 4.92 Å². The number of thiazole rings is 1. The van der Waals surface area contributed by atoms with Gasteiger partial charge in [-0.1, -0.05) is 12.1 Å². The van der Waals surface area contributed by atoms with E-state index in [2.05, 4.69) is 15.3 Å². The second-order valence-corrected chi connectivity index (χ2v) is 5.80. The van der Waals surface area contributed by atoms with E-state index in [0.717, 1.165) is 15.2 Å². The Balaban J connectivity index is 1.66. The summed E-state index contributed by atoms with van der Waals surface area (Å²) in [4.78, 5) is 18.6.